The molecular weight excluding hydrogens is 519 g/mol. The van der Waals surface area contributed by atoms with Crippen LogP contribution in [0.15, 0.2) is 47.5 Å². The van der Waals surface area contributed by atoms with Crippen molar-refractivity contribution in [3.8, 4) is 5.69 Å². The third-order valence-electron chi connectivity index (χ3n) is 7.99. The van der Waals surface area contributed by atoms with E-state index in [1.807, 2.05) is 0 Å². The van der Waals surface area contributed by atoms with Gasteiger partial charge >= 0.3 is 11.9 Å². The molecule has 3 heterocycles. The van der Waals surface area contributed by atoms with Gasteiger partial charge in [-0.1, -0.05) is 12.1 Å². The Morgan fingerprint density at radius 2 is 1.90 bits per heavy atom. The quantitative estimate of drug-likeness (QED) is 0.244. The first-order valence-electron chi connectivity index (χ1n) is 12.6. The molecule has 2 aliphatic rings. The highest BCUT2D eigenvalue weighted by atomic mass is 19.4. The molecule has 1 saturated carbocycles. The number of pyridine rings is 1. The highest BCUT2D eigenvalue weighted by Gasteiger charge is 2.47. The molecular formula is C27H29F5N6O. The molecule has 1 aromatic carbocycles. The van der Waals surface area contributed by atoms with E-state index in [-0.39, 0.29) is 16.8 Å². The molecule has 1 aliphatic carbocycles. The number of nitrogens with one attached hydrogen (secondary N) is 2. The summed E-state index contributed by atoms with van der Waals surface area (Å²) in [5.41, 5.74) is -4.27. The molecule has 0 unspecified atom stereocenters. The minimum Gasteiger partial charge on any atom is -0.322 e. The average Bonchev–Trinajstić information content (AvgIpc) is 3.42. The third-order valence-corrected chi connectivity index (χ3v) is 7.99. The van der Waals surface area contributed by atoms with E-state index in [0.29, 0.717) is 23.9 Å². The molecule has 0 bridgehead atoms. The first-order chi connectivity index (χ1) is 18.3. The van der Waals surface area contributed by atoms with E-state index < -0.39 is 35.1 Å². The summed E-state index contributed by atoms with van der Waals surface area (Å²) in [5, 5.41) is 15.0. The summed E-state index contributed by atoms with van der Waals surface area (Å²) in [4.78, 5) is 16.3. The summed E-state index contributed by atoms with van der Waals surface area (Å²) in [6.07, 6.45) is -0.716. The highest BCUT2D eigenvalue weighted by molar-refractivity contribution is 5.92. The molecule has 3 aromatic rings. The highest BCUT2D eigenvalue weighted by Crippen LogP contribution is 2.52. The second-order valence-corrected chi connectivity index (χ2v) is 10.9. The molecule has 5 rings (SSSR count). The maximum atomic E-state index is 15.6. The Bertz CT molecular complexity index is 1500. The van der Waals surface area contributed by atoms with Crippen LogP contribution < -0.4 is 5.69 Å². The number of alkyl halides is 5. The van der Waals surface area contributed by atoms with Gasteiger partial charge in [-0.25, -0.2) is 13.6 Å². The van der Waals surface area contributed by atoms with Crippen LogP contribution in [0.2, 0.25) is 0 Å². The van der Waals surface area contributed by atoms with Gasteiger partial charge in [0.2, 0.25) is 0 Å². The Morgan fingerprint density at radius 3 is 2.51 bits per heavy atom. The molecule has 2 N–H and O–H groups in total. The van der Waals surface area contributed by atoms with Crippen LogP contribution in [-0.2, 0) is 18.4 Å². The molecule has 12 heteroatoms. The van der Waals surface area contributed by atoms with Crippen LogP contribution in [0.25, 0.3) is 11.2 Å². The Morgan fingerprint density at radius 1 is 1.18 bits per heavy atom. The van der Waals surface area contributed by atoms with Crippen LogP contribution in [0.3, 0.4) is 0 Å². The molecule has 0 amide bonds. The van der Waals surface area contributed by atoms with Crippen molar-refractivity contribution in [2.24, 2.45) is 5.41 Å². The van der Waals surface area contributed by atoms with Crippen molar-refractivity contribution < 1.29 is 22.0 Å². The molecule has 2 aromatic heterocycles. The zero-order chi connectivity index (χ0) is 28.3. The number of aromatic nitrogens is 2. The fourth-order valence-electron chi connectivity index (χ4n) is 5.36. The summed E-state index contributed by atoms with van der Waals surface area (Å²) in [6, 6.07) is 6.31. The minimum absolute atomic E-state index is 0.0501. The lowest BCUT2D eigenvalue weighted by Gasteiger charge is -2.28. The number of hydrogen-bond donors (Lipinski definition) is 2. The van der Waals surface area contributed by atoms with Crippen molar-refractivity contribution in [2.75, 3.05) is 20.1 Å². The molecule has 39 heavy (non-hydrogen) atoms. The van der Waals surface area contributed by atoms with Gasteiger partial charge < -0.3 is 4.90 Å². The predicted octanol–water partition coefficient (Wildman–Crippen LogP) is 5.13. The fourth-order valence-corrected chi connectivity index (χ4v) is 5.36. The number of fused-ring (bicyclic) bond motifs is 1. The Labute approximate surface area is 221 Å². The van der Waals surface area contributed by atoms with Crippen molar-refractivity contribution >= 4 is 17.7 Å². The van der Waals surface area contributed by atoms with E-state index >= 15 is 4.39 Å². The van der Waals surface area contributed by atoms with Crippen molar-refractivity contribution in [2.45, 2.75) is 50.7 Å². The molecule has 7 nitrogen and oxygen atoms in total. The summed E-state index contributed by atoms with van der Waals surface area (Å²) in [7, 11) is 1.24. The summed E-state index contributed by atoms with van der Waals surface area (Å²) in [5.74, 6) is -0.778. The van der Waals surface area contributed by atoms with Gasteiger partial charge in [0.05, 0.1) is 23.1 Å². The van der Waals surface area contributed by atoms with Crippen LogP contribution in [0, 0.1) is 16.2 Å². The number of imidazole rings is 1. The van der Waals surface area contributed by atoms with Crippen molar-refractivity contribution in [1.29, 1.82) is 10.8 Å². The summed E-state index contributed by atoms with van der Waals surface area (Å²) in [6.45, 7) is 2.86. The normalized spacial score (nSPS) is 19.3. The van der Waals surface area contributed by atoms with Crippen LogP contribution >= 0.6 is 0 Å². The molecule has 1 aliphatic heterocycles. The van der Waals surface area contributed by atoms with Crippen molar-refractivity contribution in [1.82, 2.24) is 18.8 Å². The van der Waals surface area contributed by atoms with Crippen LogP contribution in [-0.4, -0.2) is 57.3 Å². The molecule has 2 atom stereocenters. The van der Waals surface area contributed by atoms with Gasteiger partial charge in [-0.3, -0.25) is 24.7 Å². The number of nitrogens with zero attached hydrogens (tertiary/aromatic N) is 4. The van der Waals surface area contributed by atoms with Gasteiger partial charge in [-0.2, -0.15) is 13.2 Å². The number of likely N-dealkylation sites (tertiary alicyclic amines) is 1. The van der Waals surface area contributed by atoms with Gasteiger partial charge in [0.25, 0.3) is 0 Å². The molecule has 0 radical (unpaired) electrons. The Kier molecular flexibility index (Phi) is 6.44. The zero-order valence-electron chi connectivity index (χ0n) is 21.5. The van der Waals surface area contributed by atoms with E-state index in [0.717, 1.165) is 65.4 Å². The number of hydrogen-bond acceptors (Lipinski definition) is 4. The smallest absolute Gasteiger partial charge is 0.322 e. The standard InChI is InChI=1S/C27H29F5N6O/c1-25(29,22(28)23(34)35(2)16-33)18-4-3-5-19(11-18)37-14-21-20(27(30,31)32)10-17(13-38(21)24(37)39)12-36-9-8-26(15-36)6-7-26/h3-5,10-11,13-14,16,22,33-34H,6-9,12,15H2,1-2H3/t22-,25-/m0/s1. The van der Waals surface area contributed by atoms with Gasteiger partial charge in [0.15, 0.2) is 11.8 Å². The Hall–Kier alpha value is -3.54. The van der Waals surface area contributed by atoms with Crippen LogP contribution in [0.1, 0.15) is 42.9 Å². The van der Waals surface area contributed by atoms with Crippen molar-refractivity contribution in [3.63, 3.8) is 0 Å². The lowest BCUT2D eigenvalue weighted by Crippen LogP contribution is -2.42. The van der Waals surface area contributed by atoms with E-state index in [9.17, 15) is 22.4 Å². The molecule has 1 saturated heterocycles. The van der Waals surface area contributed by atoms with Gasteiger partial charge in [0, 0.05) is 32.5 Å². The zero-order valence-corrected chi connectivity index (χ0v) is 21.5. The molecule has 208 valence electrons. The van der Waals surface area contributed by atoms with Crippen LogP contribution in [0.4, 0.5) is 22.0 Å². The topological polar surface area (TPSA) is 80.6 Å². The minimum atomic E-state index is -4.72. The molecule has 1 spiro atoms. The summed E-state index contributed by atoms with van der Waals surface area (Å²) >= 11 is 0. The average molecular weight is 549 g/mol. The van der Waals surface area contributed by atoms with Crippen LogP contribution in [0.5, 0.6) is 0 Å². The second kappa shape index (κ2) is 9.29. The first kappa shape index (κ1) is 27.0. The third kappa shape index (κ3) is 4.86. The van der Waals surface area contributed by atoms with E-state index in [2.05, 4.69) is 4.90 Å². The Balaban J connectivity index is 1.54. The second-order valence-electron chi connectivity index (χ2n) is 10.9. The monoisotopic (exact) mass is 548 g/mol. The number of rotatable bonds is 7. The SMILES string of the molecule is CN(C=N)C(=N)[C@H](F)[C@@](C)(F)c1cccc(-n2cc3c(C(F)(F)F)cc(CN4CCC5(CC5)C4)cn3c2=O)c1. The van der Waals surface area contributed by atoms with Gasteiger partial charge in [-0.15, -0.1) is 0 Å². The van der Waals surface area contributed by atoms with Gasteiger partial charge in [0.1, 0.15) is 5.84 Å². The van der Waals surface area contributed by atoms with E-state index in [1.165, 1.54) is 37.5 Å². The maximum absolute atomic E-state index is 15.6. The van der Waals surface area contributed by atoms with E-state index in [1.54, 1.807) is 0 Å². The van der Waals surface area contributed by atoms with Gasteiger partial charge in [-0.05, 0) is 67.5 Å². The van der Waals surface area contributed by atoms with E-state index in [4.69, 9.17) is 10.8 Å². The summed E-state index contributed by atoms with van der Waals surface area (Å²) < 4.78 is 74.8. The largest absolute Gasteiger partial charge is 0.418 e. The predicted molar refractivity (Wildman–Crippen MR) is 137 cm³/mol. The number of amidine groups is 1. The first-order valence-corrected chi connectivity index (χ1v) is 12.6. The van der Waals surface area contributed by atoms with Crippen molar-refractivity contribution in [3.05, 3.63) is 69.9 Å². The lowest BCUT2D eigenvalue weighted by atomic mass is 9.91. The molecule has 2 fully saturated rings. The lowest BCUT2D eigenvalue weighted by molar-refractivity contribution is -0.136. The number of benzene rings is 1. The number of halogens is 5. The maximum Gasteiger partial charge on any atom is 0.418 e. The fraction of sp³-hybridized carbons (Fsp3) is 0.444.